The fourth-order valence-electron chi connectivity index (χ4n) is 0.168. The molecule has 0 radical (unpaired) electrons. The molecule has 48 valence electrons. The molecule has 0 saturated carbocycles. The van der Waals surface area contributed by atoms with Crippen molar-refractivity contribution in [1.82, 2.24) is 0 Å². The zero-order valence-electron chi connectivity index (χ0n) is 4.80. The molecule has 4 heteroatoms. The Hall–Kier alpha value is -0.310. The molecule has 0 spiro atoms. The van der Waals surface area contributed by atoms with E-state index in [1.165, 1.54) is 6.92 Å². The fourth-order valence-corrected chi connectivity index (χ4v) is 0.260. The van der Waals surface area contributed by atoms with Crippen LogP contribution in [0.5, 0.6) is 0 Å². The van der Waals surface area contributed by atoms with Gasteiger partial charge >= 0.3 is 0 Å². The van der Waals surface area contributed by atoms with Crippen molar-refractivity contribution in [3.05, 3.63) is 10.1 Å². The Morgan fingerprint density at radius 2 is 2.00 bits per heavy atom. The Balaban J connectivity index is 3.64. The summed E-state index contributed by atoms with van der Waals surface area (Å²) < 4.78 is 0. The van der Waals surface area contributed by atoms with Crippen LogP contribution in [0.15, 0.2) is 0 Å². The molecular weight excluding hydrogens is 130 g/mol. The van der Waals surface area contributed by atoms with Gasteiger partial charge in [-0.3, -0.25) is 10.1 Å². The first-order valence-corrected chi connectivity index (χ1v) is 2.77. The highest BCUT2D eigenvalue weighted by Gasteiger charge is 2.18. The molecule has 0 fully saturated rings. The maximum absolute atomic E-state index is 9.86. The van der Waals surface area contributed by atoms with Crippen molar-refractivity contribution in [2.45, 2.75) is 25.3 Å². The summed E-state index contributed by atoms with van der Waals surface area (Å²) in [5.41, 5.74) is 0. The maximum atomic E-state index is 9.86. The van der Waals surface area contributed by atoms with Gasteiger partial charge in [0.1, 0.15) is 0 Å². The first kappa shape index (κ1) is 7.69. The molecule has 2 atom stereocenters. The van der Waals surface area contributed by atoms with Crippen molar-refractivity contribution in [3.8, 4) is 0 Å². The molecule has 0 aromatic carbocycles. The maximum Gasteiger partial charge on any atom is 0.226 e. The van der Waals surface area contributed by atoms with Gasteiger partial charge < -0.3 is 0 Å². The summed E-state index contributed by atoms with van der Waals surface area (Å²) >= 11 is 5.38. The lowest BCUT2D eigenvalue weighted by Crippen LogP contribution is -2.23. The summed E-state index contributed by atoms with van der Waals surface area (Å²) in [6, 6.07) is -0.642. The molecular formula is C4H8ClNO2. The SMILES string of the molecule is CC(Cl)[C@@H](C)[N+](=O)[O-]. The normalized spacial score (nSPS) is 17.4. The number of rotatable bonds is 2. The lowest BCUT2D eigenvalue weighted by molar-refractivity contribution is -0.517. The van der Waals surface area contributed by atoms with Crippen LogP contribution >= 0.6 is 11.6 Å². The number of hydrogen-bond donors (Lipinski definition) is 0. The highest BCUT2D eigenvalue weighted by atomic mass is 35.5. The highest BCUT2D eigenvalue weighted by molar-refractivity contribution is 6.20. The number of hydrogen-bond acceptors (Lipinski definition) is 2. The van der Waals surface area contributed by atoms with Gasteiger partial charge in [0.15, 0.2) is 0 Å². The van der Waals surface area contributed by atoms with Crippen molar-refractivity contribution in [2.24, 2.45) is 0 Å². The fraction of sp³-hybridized carbons (Fsp3) is 1.00. The van der Waals surface area contributed by atoms with E-state index in [-0.39, 0.29) is 5.38 Å². The first-order valence-electron chi connectivity index (χ1n) is 2.33. The van der Waals surface area contributed by atoms with Gasteiger partial charge in [-0.2, -0.15) is 0 Å². The van der Waals surface area contributed by atoms with Crippen LogP contribution < -0.4 is 0 Å². The first-order chi connectivity index (χ1) is 3.55. The Kier molecular flexibility index (Phi) is 2.76. The van der Waals surface area contributed by atoms with E-state index < -0.39 is 11.0 Å². The van der Waals surface area contributed by atoms with Crippen LogP contribution in [-0.2, 0) is 0 Å². The van der Waals surface area contributed by atoms with Crippen molar-refractivity contribution < 1.29 is 4.92 Å². The number of halogens is 1. The minimum absolute atomic E-state index is 0.384. The second-order valence-corrected chi connectivity index (χ2v) is 2.39. The van der Waals surface area contributed by atoms with Gasteiger partial charge in [-0.1, -0.05) is 0 Å². The van der Waals surface area contributed by atoms with Crippen molar-refractivity contribution >= 4 is 11.6 Å². The minimum atomic E-state index is -0.642. The quantitative estimate of drug-likeness (QED) is 0.327. The van der Waals surface area contributed by atoms with Gasteiger partial charge in [0.2, 0.25) is 6.04 Å². The average Bonchev–Trinajstić information content (AvgIpc) is 1.64. The molecule has 0 saturated heterocycles. The van der Waals surface area contributed by atoms with Gasteiger partial charge in [-0.05, 0) is 6.92 Å². The van der Waals surface area contributed by atoms with Crippen molar-refractivity contribution in [1.29, 1.82) is 0 Å². The summed E-state index contributed by atoms with van der Waals surface area (Å²) in [6.07, 6.45) is 0. The van der Waals surface area contributed by atoms with E-state index in [9.17, 15) is 10.1 Å². The van der Waals surface area contributed by atoms with E-state index in [1.54, 1.807) is 6.92 Å². The number of nitrogens with zero attached hydrogens (tertiary/aromatic N) is 1. The van der Waals surface area contributed by atoms with E-state index in [1.807, 2.05) is 0 Å². The lowest BCUT2D eigenvalue weighted by atomic mass is 10.3. The molecule has 0 amide bonds. The van der Waals surface area contributed by atoms with Crippen LogP contribution in [0.1, 0.15) is 13.8 Å². The summed E-state index contributed by atoms with van der Waals surface area (Å²) in [7, 11) is 0. The zero-order valence-corrected chi connectivity index (χ0v) is 5.55. The summed E-state index contributed by atoms with van der Waals surface area (Å²) in [4.78, 5) is 9.47. The Morgan fingerprint density at radius 3 is 2.00 bits per heavy atom. The van der Waals surface area contributed by atoms with E-state index in [4.69, 9.17) is 11.6 Å². The van der Waals surface area contributed by atoms with Crippen LogP contribution in [0.2, 0.25) is 0 Å². The van der Waals surface area contributed by atoms with Gasteiger partial charge in [0.05, 0.1) is 5.38 Å². The largest absolute Gasteiger partial charge is 0.264 e. The molecule has 0 aromatic rings. The third kappa shape index (κ3) is 2.12. The highest BCUT2D eigenvalue weighted by Crippen LogP contribution is 2.02. The topological polar surface area (TPSA) is 43.1 Å². The Labute approximate surface area is 52.8 Å². The van der Waals surface area contributed by atoms with Gasteiger partial charge in [-0.25, -0.2) is 0 Å². The minimum Gasteiger partial charge on any atom is -0.264 e. The number of alkyl halides is 1. The molecule has 3 nitrogen and oxygen atoms in total. The standard InChI is InChI=1S/C4H8ClNO2/c1-3(5)4(2)6(7)8/h3-4H,1-2H3/t3?,4-/m1/s1. The van der Waals surface area contributed by atoms with E-state index in [2.05, 4.69) is 0 Å². The molecule has 0 aliphatic rings. The molecule has 0 aromatic heterocycles. The van der Waals surface area contributed by atoms with Crippen molar-refractivity contribution in [2.75, 3.05) is 0 Å². The summed E-state index contributed by atoms with van der Waals surface area (Å²) in [5.74, 6) is 0. The molecule has 1 unspecified atom stereocenters. The lowest BCUT2D eigenvalue weighted by Gasteiger charge is -2.02. The molecule has 0 aliphatic carbocycles. The predicted octanol–water partition coefficient (Wildman–Crippen LogP) is 1.28. The second kappa shape index (κ2) is 2.87. The average molecular weight is 138 g/mol. The smallest absolute Gasteiger partial charge is 0.226 e. The van der Waals surface area contributed by atoms with E-state index >= 15 is 0 Å². The third-order valence-corrected chi connectivity index (χ3v) is 1.36. The third-order valence-electron chi connectivity index (χ3n) is 0.997. The summed E-state index contributed by atoms with van der Waals surface area (Å²) in [6.45, 7) is 3.09. The van der Waals surface area contributed by atoms with Crippen LogP contribution in [0.3, 0.4) is 0 Å². The zero-order chi connectivity index (χ0) is 6.73. The summed E-state index contributed by atoms with van der Waals surface area (Å²) in [5, 5.41) is 9.48. The molecule has 0 bridgehead atoms. The van der Waals surface area contributed by atoms with Gasteiger partial charge in [0, 0.05) is 11.8 Å². The molecule has 0 aliphatic heterocycles. The van der Waals surface area contributed by atoms with Crippen LogP contribution in [0.25, 0.3) is 0 Å². The number of nitro groups is 1. The Morgan fingerprint density at radius 1 is 1.62 bits per heavy atom. The monoisotopic (exact) mass is 137 g/mol. The van der Waals surface area contributed by atoms with Crippen molar-refractivity contribution in [3.63, 3.8) is 0 Å². The van der Waals surface area contributed by atoms with E-state index in [0.29, 0.717) is 0 Å². The van der Waals surface area contributed by atoms with Crippen LogP contribution in [0.4, 0.5) is 0 Å². The molecule has 0 rings (SSSR count). The van der Waals surface area contributed by atoms with Gasteiger partial charge in [0.25, 0.3) is 0 Å². The molecule has 0 N–H and O–H groups in total. The molecule has 8 heavy (non-hydrogen) atoms. The predicted molar refractivity (Wildman–Crippen MR) is 31.8 cm³/mol. The van der Waals surface area contributed by atoms with Crippen LogP contribution in [0, 0.1) is 10.1 Å². The Bertz CT molecular complexity index is 94.0. The van der Waals surface area contributed by atoms with Crippen LogP contribution in [-0.4, -0.2) is 16.3 Å². The molecule has 0 heterocycles. The van der Waals surface area contributed by atoms with E-state index in [0.717, 1.165) is 0 Å². The van der Waals surface area contributed by atoms with Gasteiger partial charge in [-0.15, -0.1) is 11.6 Å². The second-order valence-electron chi connectivity index (χ2n) is 1.70.